The van der Waals surface area contributed by atoms with E-state index in [1.165, 1.54) is 47.1 Å². The molecule has 0 saturated carbocycles. The number of rotatable bonds is 6. The molecule has 0 N–H and O–H groups in total. The standard InChI is InChI=1S/C22H26Si/c1-3-4-8-17-11-13-18(14-12-17)20-15-16-21(23-2)22(20)19-9-6-5-7-10-19/h5-7,9-15H,3-4,8,16,23H2,1-2H3. The van der Waals surface area contributed by atoms with E-state index in [1.54, 1.807) is 5.20 Å². The van der Waals surface area contributed by atoms with Gasteiger partial charge in [-0.15, -0.1) is 0 Å². The fraction of sp³-hybridized carbons (Fsp3) is 0.273. The van der Waals surface area contributed by atoms with Gasteiger partial charge >= 0.3 is 0 Å². The maximum absolute atomic E-state index is 2.44. The predicted octanol–water partition coefficient (Wildman–Crippen LogP) is 5.44. The third-order valence-corrected chi connectivity index (χ3v) is 6.24. The number of unbranched alkanes of at least 4 members (excludes halogenated alkanes) is 1. The third kappa shape index (κ3) is 3.56. The van der Waals surface area contributed by atoms with E-state index in [1.807, 2.05) is 0 Å². The predicted molar refractivity (Wildman–Crippen MR) is 105 cm³/mol. The Kier molecular flexibility index (Phi) is 5.30. The Hall–Kier alpha value is -1.86. The van der Waals surface area contributed by atoms with E-state index in [0.29, 0.717) is 0 Å². The van der Waals surface area contributed by atoms with Crippen LogP contribution in [0, 0.1) is 0 Å². The van der Waals surface area contributed by atoms with Gasteiger partial charge in [-0.05, 0) is 47.1 Å². The first-order valence-corrected chi connectivity index (χ1v) is 11.0. The van der Waals surface area contributed by atoms with Gasteiger partial charge in [0.25, 0.3) is 0 Å². The first kappa shape index (κ1) is 16.0. The Balaban J connectivity index is 1.91. The molecule has 0 spiro atoms. The molecule has 0 bridgehead atoms. The van der Waals surface area contributed by atoms with Crippen molar-refractivity contribution in [1.82, 2.24) is 0 Å². The van der Waals surface area contributed by atoms with Gasteiger partial charge in [0.2, 0.25) is 0 Å². The molecule has 0 atom stereocenters. The van der Waals surface area contributed by atoms with Gasteiger partial charge in [-0.25, -0.2) is 0 Å². The van der Waals surface area contributed by atoms with Crippen LogP contribution in [0.2, 0.25) is 6.55 Å². The molecular weight excluding hydrogens is 292 g/mol. The molecule has 0 amide bonds. The summed E-state index contributed by atoms with van der Waals surface area (Å²) in [6.45, 7) is 4.66. The van der Waals surface area contributed by atoms with Crippen molar-refractivity contribution in [2.24, 2.45) is 0 Å². The van der Waals surface area contributed by atoms with Crippen LogP contribution in [0.15, 0.2) is 65.9 Å². The molecule has 1 aliphatic carbocycles. The van der Waals surface area contributed by atoms with Gasteiger partial charge in [0.1, 0.15) is 0 Å². The van der Waals surface area contributed by atoms with Gasteiger partial charge in [-0.1, -0.05) is 85.8 Å². The molecule has 0 saturated heterocycles. The van der Waals surface area contributed by atoms with Crippen molar-refractivity contribution in [3.63, 3.8) is 0 Å². The molecule has 118 valence electrons. The Morgan fingerprint density at radius 2 is 1.65 bits per heavy atom. The van der Waals surface area contributed by atoms with E-state index in [4.69, 9.17) is 0 Å². The van der Waals surface area contributed by atoms with Gasteiger partial charge in [0.05, 0.1) is 0 Å². The molecule has 0 radical (unpaired) electrons. The first-order valence-electron chi connectivity index (χ1n) is 8.90. The van der Waals surface area contributed by atoms with Crippen LogP contribution >= 0.6 is 0 Å². The van der Waals surface area contributed by atoms with E-state index in [9.17, 15) is 0 Å². The van der Waals surface area contributed by atoms with Crippen molar-refractivity contribution in [3.8, 4) is 0 Å². The Morgan fingerprint density at radius 3 is 2.30 bits per heavy atom. The molecule has 1 aliphatic rings. The van der Waals surface area contributed by atoms with Gasteiger partial charge in [-0.2, -0.15) is 0 Å². The monoisotopic (exact) mass is 318 g/mol. The molecule has 0 unspecified atom stereocenters. The zero-order valence-corrected chi connectivity index (χ0v) is 15.7. The minimum atomic E-state index is -0.129. The molecule has 0 heterocycles. The minimum Gasteiger partial charge on any atom is -0.0762 e. The van der Waals surface area contributed by atoms with E-state index < -0.39 is 0 Å². The Bertz CT molecular complexity index is 705. The molecule has 2 aromatic rings. The summed E-state index contributed by atoms with van der Waals surface area (Å²) in [7, 11) is -0.129. The van der Waals surface area contributed by atoms with Crippen LogP contribution in [0.3, 0.4) is 0 Å². The molecule has 0 nitrogen and oxygen atoms in total. The molecule has 23 heavy (non-hydrogen) atoms. The summed E-state index contributed by atoms with van der Waals surface area (Å²) in [5, 5.41) is 1.70. The summed E-state index contributed by atoms with van der Waals surface area (Å²) in [6.07, 6.45) is 7.33. The third-order valence-electron chi connectivity index (χ3n) is 4.75. The van der Waals surface area contributed by atoms with Crippen molar-refractivity contribution in [3.05, 3.63) is 82.6 Å². The van der Waals surface area contributed by atoms with Crippen molar-refractivity contribution in [1.29, 1.82) is 0 Å². The van der Waals surface area contributed by atoms with Crippen LogP contribution in [-0.4, -0.2) is 9.52 Å². The second-order valence-corrected chi connectivity index (χ2v) is 7.88. The molecule has 0 fully saturated rings. The molecule has 0 aliphatic heterocycles. The van der Waals surface area contributed by atoms with Crippen molar-refractivity contribution in [2.75, 3.05) is 0 Å². The lowest BCUT2D eigenvalue weighted by Crippen LogP contribution is -1.95. The van der Waals surface area contributed by atoms with Crippen LogP contribution < -0.4 is 0 Å². The summed E-state index contributed by atoms with van der Waals surface area (Å²) in [6, 6.07) is 20.2. The van der Waals surface area contributed by atoms with Crippen LogP contribution in [-0.2, 0) is 6.42 Å². The fourth-order valence-corrected chi connectivity index (χ4v) is 4.58. The van der Waals surface area contributed by atoms with E-state index in [0.717, 1.165) is 6.42 Å². The maximum atomic E-state index is 2.44. The number of allylic oxidation sites excluding steroid dienone is 4. The van der Waals surface area contributed by atoms with E-state index in [-0.39, 0.29) is 9.52 Å². The Morgan fingerprint density at radius 1 is 0.913 bits per heavy atom. The lowest BCUT2D eigenvalue weighted by molar-refractivity contribution is 0.795. The fourth-order valence-electron chi connectivity index (χ4n) is 3.40. The lowest BCUT2D eigenvalue weighted by atomic mass is 9.94. The van der Waals surface area contributed by atoms with Crippen LogP contribution in [0.5, 0.6) is 0 Å². The number of benzene rings is 2. The smallest absolute Gasteiger partial charge is 0.0477 e. The largest absolute Gasteiger partial charge is 0.0762 e. The molecule has 0 aromatic heterocycles. The SMILES string of the molecule is CCCCc1ccc(C2=CCC([SiH2]C)=C2c2ccccc2)cc1. The summed E-state index contributed by atoms with van der Waals surface area (Å²) in [5.41, 5.74) is 7.19. The second-order valence-electron chi connectivity index (χ2n) is 6.32. The highest BCUT2D eigenvalue weighted by Crippen LogP contribution is 2.40. The van der Waals surface area contributed by atoms with Gasteiger partial charge in [-0.3, -0.25) is 0 Å². The van der Waals surface area contributed by atoms with E-state index >= 15 is 0 Å². The van der Waals surface area contributed by atoms with Crippen molar-refractivity contribution < 1.29 is 0 Å². The molecular formula is C22H26Si. The summed E-state index contributed by atoms with van der Waals surface area (Å²) >= 11 is 0. The normalized spacial score (nSPS) is 14.8. The van der Waals surface area contributed by atoms with Gasteiger partial charge in [0, 0.05) is 9.52 Å². The molecule has 1 heteroatoms. The maximum Gasteiger partial charge on any atom is 0.0477 e. The average molecular weight is 319 g/mol. The lowest BCUT2D eigenvalue weighted by Gasteiger charge is -2.13. The van der Waals surface area contributed by atoms with Gasteiger partial charge < -0.3 is 0 Å². The topological polar surface area (TPSA) is 0 Å². The van der Waals surface area contributed by atoms with Crippen LogP contribution in [0.25, 0.3) is 11.1 Å². The minimum absolute atomic E-state index is 0.129. The van der Waals surface area contributed by atoms with Crippen molar-refractivity contribution in [2.45, 2.75) is 39.2 Å². The zero-order chi connectivity index (χ0) is 16.1. The first-order chi connectivity index (χ1) is 11.3. The second kappa shape index (κ2) is 7.61. The summed E-state index contributed by atoms with van der Waals surface area (Å²) < 4.78 is 0. The Labute approximate surface area is 142 Å². The van der Waals surface area contributed by atoms with Crippen LogP contribution in [0.4, 0.5) is 0 Å². The zero-order valence-electron chi connectivity index (χ0n) is 14.3. The average Bonchev–Trinajstić information content (AvgIpc) is 3.05. The number of aryl methyl sites for hydroxylation is 1. The highest BCUT2D eigenvalue weighted by Gasteiger charge is 2.19. The van der Waals surface area contributed by atoms with E-state index in [2.05, 4.69) is 74.1 Å². The number of hydrogen-bond acceptors (Lipinski definition) is 0. The summed E-state index contributed by atoms with van der Waals surface area (Å²) in [5.74, 6) is 0. The highest BCUT2D eigenvalue weighted by atomic mass is 28.2. The summed E-state index contributed by atoms with van der Waals surface area (Å²) in [4.78, 5) is 0. The highest BCUT2D eigenvalue weighted by molar-refractivity contribution is 6.48. The molecule has 3 rings (SSSR count). The number of hydrogen-bond donors (Lipinski definition) is 0. The van der Waals surface area contributed by atoms with Crippen LogP contribution in [0.1, 0.15) is 42.9 Å². The molecule has 2 aromatic carbocycles. The van der Waals surface area contributed by atoms with Crippen molar-refractivity contribution >= 4 is 20.7 Å². The quantitative estimate of drug-likeness (QED) is 0.622. The van der Waals surface area contributed by atoms with Gasteiger partial charge in [0.15, 0.2) is 0 Å².